The van der Waals surface area contributed by atoms with Gasteiger partial charge in [-0.15, -0.1) is 0 Å². The van der Waals surface area contributed by atoms with Crippen LogP contribution in [0, 0.1) is 26.7 Å². The minimum absolute atomic E-state index is 0.0410. The SMILES string of the molecule is CC(=O)C[C@H](NC(=O)[C@H](CC(C)C)n1ccc(C)cc1=O)c1cncc(-c2c(C)cccc2C)c1. The van der Waals surface area contributed by atoms with Crippen LogP contribution in [0.4, 0.5) is 0 Å². The lowest BCUT2D eigenvalue weighted by Crippen LogP contribution is -2.40. The first-order valence-corrected chi connectivity index (χ1v) is 12.1. The quantitative estimate of drug-likeness (QED) is 0.460. The maximum absolute atomic E-state index is 13.5. The molecular weight excluding hydrogens is 438 g/mol. The van der Waals surface area contributed by atoms with Gasteiger partial charge in [-0.25, -0.2) is 0 Å². The Morgan fingerprint density at radius 3 is 2.31 bits per heavy atom. The monoisotopic (exact) mass is 473 g/mol. The van der Waals surface area contributed by atoms with Crippen molar-refractivity contribution in [2.24, 2.45) is 5.92 Å². The lowest BCUT2D eigenvalue weighted by molar-refractivity contribution is -0.126. The second kappa shape index (κ2) is 11.3. The molecular formula is C29H35N3O3. The van der Waals surface area contributed by atoms with E-state index in [4.69, 9.17) is 0 Å². The molecule has 2 aromatic heterocycles. The average molecular weight is 474 g/mol. The molecule has 184 valence electrons. The molecule has 0 radical (unpaired) electrons. The zero-order valence-electron chi connectivity index (χ0n) is 21.5. The van der Waals surface area contributed by atoms with Crippen LogP contribution in [0.3, 0.4) is 0 Å². The Kier molecular flexibility index (Phi) is 8.39. The number of pyridine rings is 2. The summed E-state index contributed by atoms with van der Waals surface area (Å²) >= 11 is 0. The van der Waals surface area contributed by atoms with Crippen molar-refractivity contribution in [3.05, 3.63) is 87.6 Å². The molecule has 2 atom stereocenters. The lowest BCUT2D eigenvalue weighted by atomic mass is 9.94. The number of carbonyl (C=O) groups is 2. The van der Waals surface area contributed by atoms with Crippen LogP contribution in [0.1, 0.15) is 68.0 Å². The Balaban J connectivity index is 1.98. The summed E-state index contributed by atoms with van der Waals surface area (Å²) in [6, 6.07) is 10.3. The molecule has 0 aliphatic carbocycles. The Labute approximate surface area is 207 Å². The molecule has 3 aromatic rings. The normalized spacial score (nSPS) is 12.9. The molecule has 35 heavy (non-hydrogen) atoms. The summed E-state index contributed by atoms with van der Waals surface area (Å²) in [7, 11) is 0. The van der Waals surface area contributed by atoms with Gasteiger partial charge in [0.15, 0.2) is 0 Å². The van der Waals surface area contributed by atoms with Crippen LogP contribution < -0.4 is 10.9 Å². The Morgan fingerprint density at radius 2 is 1.71 bits per heavy atom. The van der Waals surface area contributed by atoms with Crippen molar-refractivity contribution in [2.75, 3.05) is 0 Å². The predicted molar refractivity (Wildman–Crippen MR) is 139 cm³/mol. The van der Waals surface area contributed by atoms with Gasteiger partial charge in [-0.3, -0.25) is 19.4 Å². The number of nitrogens with zero attached hydrogens (tertiary/aromatic N) is 2. The summed E-state index contributed by atoms with van der Waals surface area (Å²) in [5.74, 6) is -0.131. The number of hydrogen-bond donors (Lipinski definition) is 1. The molecule has 6 heteroatoms. The van der Waals surface area contributed by atoms with Crippen molar-refractivity contribution >= 4 is 11.7 Å². The summed E-state index contributed by atoms with van der Waals surface area (Å²) in [6.45, 7) is 11.5. The van der Waals surface area contributed by atoms with Crippen molar-refractivity contribution < 1.29 is 9.59 Å². The highest BCUT2D eigenvalue weighted by atomic mass is 16.2. The number of benzene rings is 1. The molecule has 6 nitrogen and oxygen atoms in total. The third kappa shape index (κ3) is 6.53. The largest absolute Gasteiger partial charge is 0.347 e. The molecule has 0 spiro atoms. The third-order valence-electron chi connectivity index (χ3n) is 6.18. The summed E-state index contributed by atoms with van der Waals surface area (Å²) in [6.07, 6.45) is 5.82. The van der Waals surface area contributed by atoms with Crippen molar-refractivity contribution in [3.8, 4) is 11.1 Å². The second-order valence-electron chi connectivity index (χ2n) is 9.84. The van der Waals surface area contributed by atoms with E-state index >= 15 is 0 Å². The highest BCUT2D eigenvalue weighted by molar-refractivity contribution is 5.83. The first-order chi connectivity index (χ1) is 16.6. The first-order valence-electron chi connectivity index (χ1n) is 12.1. The van der Waals surface area contributed by atoms with Crippen LogP contribution in [0.5, 0.6) is 0 Å². The van der Waals surface area contributed by atoms with E-state index in [1.807, 2.05) is 39.0 Å². The number of ketones is 1. The number of amides is 1. The molecule has 3 rings (SSSR count). The minimum Gasteiger partial charge on any atom is -0.347 e. The van der Waals surface area contributed by atoms with Gasteiger partial charge < -0.3 is 9.88 Å². The van der Waals surface area contributed by atoms with Crippen LogP contribution in [-0.2, 0) is 9.59 Å². The Bertz CT molecular complexity index is 1260. The highest BCUT2D eigenvalue weighted by Gasteiger charge is 2.26. The molecule has 0 saturated carbocycles. The van der Waals surface area contributed by atoms with Gasteiger partial charge in [-0.2, -0.15) is 0 Å². The standard InChI is InChI=1S/C29H35N3O3/c1-18(2)12-26(32-11-10-19(3)13-27(32)34)29(35)31-25(14-22(6)33)23-15-24(17-30-16-23)28-20(4)8-7-9-21(28)5/h7-11,13,15-18,25-26H,12,14H2,1-6H3,(H,31,35)/t25-,26-/m0/s1. The fourth-order valence-corrected chi connectivity index (χ4v) is 4.50. The summed E-state index contributed by atoms with van der Waals surface area (Å²) in [5.41, 5.74) is 5.69. The smallest absolute Gasteiger partial charge is 0.251 e. The van der Waals surface area contributed by atoms with Crippen molar-refractivity contribution in [1.29, 1.82) is 0 Å². The van der Waals surface area contributed by atoms with Gasteiger partial charge in [0.1, 0.15) is 11.8 Å². The third-order valence-corrected chi connectivity index (χ3v) is 6.18. The van der Waals surface area contributed by atoms with Gasteiger partial charge in [0.2, 0.25) is 5.91 Å². The van der Waals surface area contributed by atoms with E-state index in [1.165, 1.54) is 17.6 Å². The topological polar surface area (TPSA) is 81.1 Å². The van der Waals surface area contributed by atoms with Gasteiger partial charge >= 0.3 is 0 Å². The van der Waals surface area contributed by atoms with Gasteiger partial charge in [0.25, 0.3) is 5.56 Å². The van der Waals surface area contributed by atoms with Crippen LogP contribution in [0.2, 0.25) is 0 Å². The molecule has 0 aliphatic heterocycles. The number of rotatable bonds is 9. The fourth-order valence-electron chi connectivity index (χ4n) is 4.50. The molecule has 2 heterocycles. The van der Waals surface area contributed by atoms with E-state index in [1.54, 1.807) is 18.6 Å². The molecule has 0 bridgehead atoms. The molecule has 0 saturated heterocycles. The first kappa shape index (κ1) is 26.1. The van der Waals surface area contributed by atoms with Gasteiger partial charge in [-0.05, 0) is 80.0 Å². The highest BCUT2D eigenvalue weighted by Crippen LogP contribution is 2.29. The fraction of sp³-hybridized carbons (Fsp3) is 0.379. The molecule has 0 unspecified atom stereocenters. The molecule has 1 amide bonds. The number of Topliss-reactive ketones (excluding diaryl/α,β-unsaturated/α-hetero) is 1. The van der Waals surface area contributed by atoms with E-state index in [0.29, 0.717) is 6.42 Å². The second-order valence-corrected chi connectivity index (χ2v) is 9.84. The van der Waals surface area contributed by atoms with E-state index in [9.17, 15) is 14.4 Å². The maximum Gasteiger partial charge on any atom is 0.251 e. The summed E-state index contributed by atoms with van der Waals surface area (Å²) in [4.78, 5) is 42.8. The van der Waals surface area contributed by atoms with Crippen LogP contribution in [0.15, 0.2) is 59.8 Å². The van der Waals surface area contributed by atoms with E-state index in [2.05, 4.69) is 36.3 Å². The minimum atomic E-state index is -0.674. The zero-order valence-corrected chi connectivity index (χ0v) is 21.5. The summed E-state index contributed by atoms with van der Waals surface area (Å²) < 4.78 is 1.48. The van der Waals surface area contributed by atoms with Gasteiger partial charge in [0, 0.05) is 36.6 Å². The molecule has 0 fully saturated rings. The molecule has 1 N–H and O–H groups in total. The van der Waals surface area contributed by atoms with Crippen LogP contribution >= 0.6 is 0 Å². The van der Waals surface area contributed by atoms with Gasteiger partial charge in [-0.1, -0.05) is 32.0 Å². The number of nitrogens with one attached hydrogen (secondary N) is 1. The number of hydrogen-bond acceptors (Lipinski definition) is 4. The summed E-state index contributed by atoms with van der Waals surface area (Å²) in [5, 5.41) is 3.06. The lowest BCUT2D eigenvalue weighted by Gasteiger charge is -2.25. The van der Waals surface area contributed by atoms with Crippen molar-refractivity contribution in [3.63, 3.8) is 0 Å². The van der Waals surface area contributed by atoms with Gasteiger partial charge in [0.05, 0.1) is 6.04 Å². The zero-order chi connectivity index (χ0) is 25.7. The van der Waals surface area contributed by atoms with E-state index < -0.39 is 12.1 Å². The van der Waals surface area contributed by atoms with Crippen LogP contribution in [0.25, 0.3) is 11.1 Å². The van der Waals surface area contributed by atoms with Crippen molar-refractivity contribution in [1.82, 2.24) is 14.9 Å². The maximum atomic E-state index is 13.5. The van der Waals surface area contributed by atoms with Crippen LogP contribution in [-0.4, -0.2) is 21.2 Å². The Morgan fingerprint density at radius 1 is 1.03 bits per heavy atom. The average Bonchev–Trinajstić information content (AvgIpc) is 2.77. The van der Waals surface area contributed by atoms with E-state index in [-0.39, 0.29) is 29.6 Å². The van der Waals surface area contributed by atoms with E-state index in [0.717, 1.165) is 33.4 Å². The number of aromatic nitrogens is 2. The molecule has 0 aliphatic rings. The van der Waals surface area contributed by atoms with Crippen molar-refractivity contribution in [2.45, 2.75) is 66.5 Å². The predicted octanol–water partition coefficient (Wildman–Crippen LogP) is 5.26. The number of aryl methyl sites for hydroxylation is 3. The number of carbonyl (C=O) groups excluding carboxylic acids is 2. The molecule has 1 aromatic carbocycles. The Hall–Kier alpha value is -3.54.